The molecule has 1 aromatic carbocycles. The molecule has 138 valence electrons. The normalized spacial score (nSPS) is 38.3. The van der Waals surface area contributed by atoms with E-state index in [4.69, 9.17) is 23.7 Å². The smallest absolute Gasteiger partial charge is 0.221 e. The van der Waals surface area contributed by atoms with Crippen LogP contribution in [0.5, 0.6) is 0 Å². The van der Waals surface area contributed by atoms with Crippen molar-refractivity contribution in [3.63, 3.8) is 0 Å². The van der Waals surface area contributed by atoms with Gasteiger partial charge in [-0.15, -0.1) is 0 Å². The topological polar surface area (TPSA) is 78.7 Å². The maximum absolute atomic E-state index is 9.76. The number of ether oxygens (including phenoxy) is 5. The van der Waals surface area contributed by atoms with E-state index in [9.17, 15) is 5.11 Å². The maximum Gasteiger partial charge on any atom is 0.221 e. The van der Waals surface area contributed by atoms with Gasteiger partial charge in [-0.05, 0) is 19.4 Å². The monoisotopic (exact) mass is 351 g/mol. The molecule has 0 amide bonds. The number of methoxy groups -OCH3 is 2. The second-order valence-electron chi connectivity index (χ2n) is 6.38. The Morgan fingerprint density at radius 3 is 2.36 bits per heavy atom. The van der Waals surface area contributed by atoms with Crippen LogP contribution in [0.2, 0.25) is 0 Å². The van der Waals surface area contributed by atoms with Crippen LogP contribution in [0.15, 0.2) is 35.3 Å². The SMILES string of the molecule is CO[C@]1(C)O[C@@H](CO)[C@H](C2=N[C@@H](c3ccccc3)CO2)O[C@@]1(C)OC. The minimum absolute atomic E-state index is 0.108. The van der Waals surface area contributed by atoms with E-state index in [-0.39, 0.29) is 12.6 Å². The molecule has 0 spiro atoms. The van der Waals surface area contributed by atoms with Crippen LogP contribution in [0.25, 0.3) is 0 Å². The quantitative estimate of drug-likeness (QED) is 0.869. The first-order chi connectivity index (χ1) is 12.0. The Morgan fingerprint density at radius 2 is 1.76 bits per heavy atom. The second-order valence-corrected chi connectivity index (χ2v) is 6.38. The third-order valence-corrected chi connectivity index (χ3v) is 4.95. The number of benzene rings is 1. The highest BCUT2D eigenvalue weighted by molar-refractivity contribution is 5.83. The summed E-state index contributed by atoms with van der Waals surface area (Å²) in [4.78, 5) is 4.64. The lowest BCUT2D eigenvalue weighted by molar-refractivity contribution is -0.442. The van der Waals surface area contributed by atoms with Crippen LogP contribution in [0, 0.1) is 0 Å². The van der Waals surface area contributed by atoms with Gasteiger partial charge in [0.25, 0.3) is 0 Å². The van der Waals surface area contributed by atoms with Crippen LogP contribution in [0.4, 0.5) is 0 Å². The molecule has 2 aliphatic heterocycles. The van der Waals surface area contributed by atoms with Gasteiger partial charge in [0.1, 0.15) is 18.8 Å². The Kier molecular flexibility index (Phi) is 5.13. The molecule has 3 rings (SSSR count). The first-order valence-corrected chi connectivity index (χ1v) is 8.28. The number of aliphatic imine (C=N–C) groups is 1. The largest absolute Gasteiger partial charge is 0.476 e. The summed E-state index contributed by atoms with van der Waals surface area (Å²) in [7, 11) is 3.02. The summed E-state index contributed by atoms with van der Waals surface area (Å²) < 4.78 is 28.8. The van der Waals surface area contributed by atoms with Crippen LogP contribution in [0.1, 0.15) is 25.5 Å². The molecule has 1 N–H and O–H groups in total. The van der Waals surface area contributed by atoms with Crippen molar-refractivity contribution in [3.8, 4) is 0 Å². The maximum atomic E-state index is 9.76. The van der Waals surface area contributed by atoms with Gasteiger partial charge in [-0.2, -0.15) is 0 Å². The van der Waals surface area contributed by atoms with Gasteiger partial charge in [-0.25, -0.2) is 4.99 Å². The van der Waals surface area contributed by atoms with Crippen molar-refractivity contribution in [2.45, 2.75) is 43.7 Å². The lowest BCUT2D eigenvalue weighted by atomic mass is 10.0. The van der Waals surface area contributed by atoms with Crippen LogP contribution < -0.4 is 0 Å². The molecule has 0 bridgehead atoms. The Bertz CT molecular complexity index is 623. The van der Waals surface area contributed by atoms with Crippen molar-refractivity contribution < 1.29 is 28.8 Å². The van der Waals surface area contributed by atoms with Crippen LogP contribution in [0.3, 0.4) is 0 Å². The molecule has 5 atom stereocenters. The second kappa shape index (κ2) is 7.01. The molecule has 7 heteroatoms. The fourth-order valence-electron chi connectivity index (χ4n) is 3.09. The molecule has 2 heterocycles. The van der Waals surface area contributed by atoms with Crippen LogP contribution in [-0.2, 0) is 23.7 Å². The zero-order valence-electron chi connectivity index (χ0n) is 15.0. The summed E-state index contributed by atoms with van der Waals surface area (Å²) in [6.45, 7) is 3.59. The first kappa shape index (κ1) is 18.3. The van der Waals surface area contributed by atoms with Gasteiger partial charge >= 0.3 is 0 Å². The van der Waals surface area contributed by atoms with Crippen molar-refractivity contribution in [3.05, 3.63) is 35.9 Å². The number of rotatable bonds is 5. The summed E-state index contributed by atoms with van der Waals surface area (Å²) in [5.41, 5.74) is 1.06. The van der Waals surface area contributed by atoms with E-state index in [1.54, 1.807) is 13.8 Å². The molecule has 0 radical (unpaired) electrons. The number of hydrogen-bond donors (Lipinski definition) is 1. The fourth-order valence-corrected chi connectivity index (χ4v) is 3.09. The van der Waals surface area contributed by atoms with Gasteiger partial charge < -0.3 is 28.8 Å². The molecule has 25 heavy (non-hydrogen) atoms. The van der Waals surface area contributed by atoms with Gasteiger partial charge in [-0.1, -0.05) is 30.3 Å². The zero-order chi connectivity index (χ0) is 18.1. The Balaban J connectivity index is 1.86. The van der Waals surface area contributed by atoms with Gasteiger partial charge in [0.05, 0.1) is 6.61 Å². The molecule has 7 nitrogen and oxygen atoms in total. The van der Waals surface area contributed by atoms with Gasteiger partial charge in [0.15, 0.2) is 6.10 Å². The summed E-state index contributed by atoms with van der Waals surface area (Å²) in [6.07, 6.45) is -1.37. The van der Waals surface area contributed by atoms with E-state index in [0.29, 0.717) is 12.5 Å². The molecule has 1 aromatic rings. The van der Waals surface area contributed by atoms with Crippen molar-refractivity contribution in [1.29, 1.82) is 0 Å². The molecular formula is C18H25NO6. The van der Waals surface area contributed by atoms with E-state index >= 15 is 0 Å². The average molecular weight is 351 g/mol. The van der Waals surface area contributed by atoms with Gasteiger partial charge in [-0.3, -0.25) is 0 Å². The van der Waals surface area contributed by atoms with E-state index < -0.39 is 23.8 Å². The van der Waals surface area contributed by atoms with E-state index in [2.05, 4.69) is 4.99 Å². The highest BCUT2D eigenvalue weighted by atomic mass is 16.8. The molecule has 2 aliphatic rings. The van der Waals surface area contributed by atoms with E-state index in [1.807, 2.05) is 30.3 Å². The molecule has 0 unspecified atom stereocenters. The molecule has 1 saturated heterocycles. The summed E-state index contributed by atoms with van der Waals surface area (Å²) >= 11 is 0. The molecule has 0 saturated carbocycles. The minimum atomic E-state index is -1.19. The van der Waals surface area contributed by atoms with Crippen molar-refractivity contribution in [2.24, 2.45) is 4.99 Å². The highest BCUT2D eigenvalue weighted by Crippen LogP contribution is 2.40. The summed E-state index contributed by atoms with van der Waals surface area (Å²) in [5.74, 6) is -1.97. The highest BCUT2D eigenvalue weighted by Gasteiger charge is 2.58. The number of hydrogen-bond acceptors (Lipinski definition) is 7. The van der Waals surface area contributed by atoms with Crippen LogP contribution in [-0.4, -0.2) is 62.2 Å². The van der Waals surface area contributed by atoms with Crippen LogP contribution >= 0.6 is 0 Å². The number of aliphatic hydroxyl groups excluding tert-OH is 1. The Morgan fingerprint density at radius 1 is 1.12 bits per heavy atom. The lowest BCUT2D eigenvalue weighted by Crippen LogP contribution is -2.67. The molecule has 1 fully saturated rings. The fraction of sp³-hybridized carbons (Fsp3) is 0.611. The number of aliphatic hydroxyl groups is 1. The Hall–Kier alpha value is -1.51. The lowest BCUT2D eigenvalue weighted by Gasteiger charge is -2.51. The third-order valence-electron chi connectivity index (χ3n) is 4.95. The first-order valence-electron chi connectivity index (χ1n) is 8.28. The zero-order valence-corrected chi connectivity index (χ0v) is 15.0. The van der Waals surface area contributed by atoms with Gasteiger partial charge in [0.2, 0.25) is 17.5 Å². The van der Waals surface area contributed by atoms with Crippen molar-refractivity contribution >= 4 is 5.90 Å². The Labute approximate surface area is 147 Å². The number of nitrogens with zero attached hydrogens (tertiary/aromatic N) is 1. The van der Waals surface area contributed by atoms with E-state index in [0.717, 1.165) is 5.56 Å². The predicted molar refractivity (Wildman–Crippen MR) is 90.2 cm³/mol. The summed E-state index contributed by atoms with van der Waals surface area (Å²) in [6, 6.07) is 9.78. The third kappa shape index (κ3) is 3.18. The standard InChI is InChI=1S/C18H25NO6/c1-17(21-3)18(2,22-4)25-15(14(10-20)24-17)16-19-13(11-23-16)12-8-6-5-7-9-12/h5-9,13-15,20H,10-11H2,1-4H3/t13-,14+,15-,17-,18-/m1/s1. The summed E-state index contributed by atoms with van der Waals surface area (Å²) in [5, 5.41) is 9.76. The van der Waals surface area contributed by atoms with Crippen molar-refractivity contribution in [2.75, 3.05) is 27.4 Å². The minimum Gasteiger partial charge on any atom is -0.476 e. The molecule has 0 aromatic heterocycles. The van der Waals surface area contributed by atoms with Gasteiger partial charge in [0, 0.05) is 14.2 Å². The molecular weight excluding hydrogens is 326 g/mol. The van der Waals surface area contributed by atoms with E-state index in [1.165, 1.54) is 14.2 Å². The predicted octanol–water partition coefficient (Wildman–Crippen LogP) is 1.66. The molecule has 0 aliphatic carbocycles. The average Bonchev–Trinajstić information content (AvgIpc) is 3.14. The van der Waals surface area contributed by atoms with Crippen molar-refractivity contribution in [1.82, 2.24) is 0 Å².